The van der Waals surface area contributed by atoms with Crippen LogP contribution >= 0.6 is 0 Å². The number of benzene rings is 1. The Kier molecular flexibility index (Phi) is 6.58. The lowest BCUT2D eigenvalue weighted by molar-refractivity contribution is -0.132. The van der Waals surface area contributed by atoms with Gasteiger partial charge in [-0.15, -0.1) is 0 Å². The first-order valence-electron chi connectivity index (χ1n) is 7.41. The van der Waals surface area contributed by atoms with Crippen LogP contribution in [0.15, 0.2) is 18.2 Å². The molecule has 0 bridgehead atoms. The molecule has 132 valence electrons. The van der Waals surface area contributed by atoms with E-state index in [1.165, 1.54) is 7.11 Å². The second kappa shape index (κ2) is 8.19. The number of ether oxygens (including phenoxy) is 2. The summed E-state index contributed by atoms with van der Waals surface area (Å²) in [7, 11) is 1.21. The Balaban J connectivity index is 2.65. The number of carbonyl (C=O) groups excluding carboxylic acids is 2. The van der Waals surface area contributed by atoms with Crippen LogP contribution in [0.25, 0.3) is 0 Å². The number of rotatable bonds is 6. The average Bonchev–Trinajstić information content (AvgIpc) is 2.48. The van der Waals surface area contributed by atoms with E-state index in [0.29, 0.717) is 30.0 Å². The van der Waals surface area contributed by atoms with Gasteiger partial charge in [0.1, 0.15) is 11.3 Å². The lowest BCUT2D eigenvalue weighted by Gasteiger charge is -2.20. The quantitative estimate of drug-likeness (QED) is 0.271. The molecular weight excluding hydrogens is 312 g/mol. The van der Waals surface area contributed by atoms with E-state index in [2.05, 4.69) is 15.4 Å². The van der Waals surface area contributed by atoms with Crippen LogP contribution in [0.1, 0.15) is 26.3 Å². The summed E-state index contributed by atoms with van der Waals surface area (Å²) in [5, 5.41) is 13.5. The average molecular weight is 336 g/mol. The lowest BCUT2D eigenvalue weighted by Crippen LogP contribution is -2.35. The molecule has 1 aromatic rings. The van der Waals surface area contributed by atoms with Gasteiger partial charge >= 0.3 is 12.1 Å². The van der Waals surface area contributed by atoms with E-state index >= 15 is 0 Å². The van der Waals surface area contributed by atoms with E-state index in [1.807, 2.05) is 0 Å². The normalized spacial score (nSPS) is 10.7. The van der Waals surface area contributed by atoms with Crippen LogP contribution in [0.3, 0.4) is 0 Å². The first kappa shape index (κ1) is 19.3. The van der Waals surface area contributed by atoms with Gasteiger partial charge in [-0.3, -0.25) is 5.41 Å². The molecule has 24 heavy (non-hydrogen) atoms. The van der Waals surface area contributed by atoms with E-state index in [9.17, 15) is 9.59 Å². The van der Waals surface area contributed by atoms with Gasteiger partial charge in [-0.25, -0.2) is 9.59 Å². The summed E-state index contributed by atoms with van der Waals surface area (Å²) in [6.45, 7) is 6.01. The van der Waals surface area contributed by atoms with Gasteiger partial charge in [0.2, 0.25) is 0 Å². The Morgan fingerprint density at radius 3 is 2.50 bits per heavy atom. The molecule has 0 fully saturated rings. The highest BCUT2D eigenvalue weighted by atomic mass is 16.6. The number of methoxy groups -OCH3 is 1. The van der Waals surface area contributed by atoms with Crippen LogP contribution in [-0.4, -0.2) is 43.6 Å². The van der Waals surface area contributed by atoms with E-state index in [0.717, 1.165) is 0 Å². The van der Waals surface area contributed by atoms with Crippen LogP contribution in [0.2, 0.25) is 0 Å². The molecule has 0 unspecified atom stereocenters. The molecule has 1 amide bonds. The Hall–Kier alpha value is -2.77. The van der Waals surface area contributed by atoms with Crippen molar-refractivity contribution in [1.29, 1.82) is 5.41 Å². The number of esters is 1. The van der Waals surface area contributed by atoms with Gasteiger partial charge in [0.05, 0.1) is 7.11 Å². The SMILES string of the molecule is COC(=O)C(=N)c1ccc(N)cc1NCCNC(=O)OC(C)(C)C. The van der Waals surface area contributed by atoms with Gasteiger partial charge in [0.25, 0.3) is 0 Å². The maximum absolute atomic E-state index is 11.6. The minimum absolute atomic E-state index is 0.278. The third kappa shape index (κ3) is 6.15. The van der Waals surface area contributed by atoms with Crippen molar-refractivity contribution in [1.82, 2.24) is 5.32 Å². The zero-order chi connectivity index (χ0) is 18.3. The molecule has 0 aromatic heterocycles. The number of nitrogens with two attached hydrogens (primary N) is 1. The van der Waals surface area contributed by atoms with Gasteiger partial charge in [-0.05, 0) is 39.0 Å². The van der Waals surface area contributed by atoms with E-state index < -0.39 is 17.7 Å². The lowest BCUT2D eigenvalue weighted by atomic mass is 10.1. The largest absolute Gasteiger partial charge is 0.464 e. The number of nitrogen functional groups attached to an aromatic ring is 1. The highest BCUT2D eigenvalue weighted by Crippen LogP contribution is 2.20. The molecule has 0 aliphatic heterocycles. The third-order valence-corrected chi connectivity index (χ3v) is 2.81. The monoisotopic (exact) mass is 336 g/mol. The summed E-state index contributed by atoms with van der Waals surface area (Å²) in [5.74, 6) is -0.741. The van der Waals surface area contributed by atoms with Crippen molar-refractivity contribution < 1.29 is 19.1 Å². The van der Waals surface area contributed by atoms with Gasteiger partial charge in [-0.1, -0.05) is 0 Å². The third-order valence-electron chi connectivity index (χ3n) is 2.81. The predicted octanol–water partition coefficient (Wildman–Crippen LogP) is 1.75. The van der Waals surface area contributed by atoms with Gasteiger partial charge in [0, 0.05) is 30.0 Å². The number of anilines is 2. The van der Waals surface area contributed by atoms with Crippen molar-refractivity contribution in [2.75, 3.05) is 31.2 Å². The number of carbonyl (C=O) groups is 2. The van der Waals surface area contributed by atoms with E-state index in [1.54, 1.807) is 39.0 Å². The standard InChI is InChI=1S/C16H24N4O4/c1-16(2,3)24-15(22)20-8-7-19-12-9-10(17)5-6-11(12)13(18)14(21)23-4/h5-6,9,18-19H,7-8,17H2,1-4H3,(H,20,22). The van der Waals surface area contributed by atoms with Crippen molar-refractivity contribution in [3.63, 3.8) is 0 Å². The molecule has 0 saturated carbocycles. The molecular formula is C16H24N4O4. The number of hydrogen-bond acceptors (Lipinski definition) is 7. The molecule has 0 atom stereocenters. The Labute approximate surface area is 141 Å². The molecule has 8 nitrogen and oxygen atoms in total. The van der Waals surface area contributed by atoms with Gasteiger partial charge in [0.15, 0.2) is 0 Å². The molecule has 5 N–H and O–H groups in total. The molecule has 8 heteroatoms. The number of hydrogen-bond donors (Lipinski definition) is 4. The summed E-state index contributed by atoms with van der Waals surface area (Å²) >= 11 is 0. The topological polar surface area (TPSA) is 127 Å². The second-order valence-corrected chi connectivity index (χ2v) is 6.03. The fraction of sp³-hybridized carbons (Fsp3) is 0.438. The molecule has 0 spiro atoms. The maximum Gasteiger partial charge on any atom is 0.407 e. The smallest absolute Gasteiger partial charge is 0.407 e. The molecule has 1 aromatic carbocycles. The molecule has 0 aliphatic carbocycles. The summed E-state index contributed by atoms with van der Waals surface area (Å²) in [5.41, 5.74) is 6.27. The Bertz CT molecular complexity index is 623. The van der Waals surface area contributed by atoms with Crippen molar-refractivity contribution in [3.8, 4) is 0 Å². The van der Waals surface area contributed by atoms with Crippen molar-refractivity contribution in [2.24, 2.45) is 0 Å². The fourth-order valence-corrected chi connectivity index (χ4v) is 1.81. The first-order chi connectivity index (χ1) is 11.1. The highest BCUT2D eigenvalue weighted by Gasteiger charge is 2.17. The molecule has 0 radical (unpaired) electrons. The second-order valence-electron chi connectivity index (χ2n) is 6.03. The minimum atomic E-state index is -0.741. The summed E-state index contributed by atoms with van der Waals surface area (Å²) in [4.78, 5) is 23.1. The van der Waals surface area contributed by atoms with Crippen molar-refractivity contribution >= 4 is 29.1 Å². The van der Waals surface area contributed by atoms with Crippen LogP contribution < -0.4 is 16.4 Å². The molecule has 0 aliphatic rings. The van der Waals surface area contributed by atoms with Crippen LogP contribution in [0.5, 0.6) is 0 Å². The number of amides is 1. The highest BCUT2D eigenvalue weighted by molar-refractivity contribution is 6.43. The van der Waals surface area contributed by atoms with Crippen molar-refractivity contribution in [2.45, 2.75) is 26.4 Å². The molecule has 0 heterocycles. The Morgan fingerprint density at radius 2 is 1.92 bits per heavy atom. The van der Waals surface area contributed by atoms with Crippen molar-refractivity contribution in [3.05, 3.63) is 23.8 Å². The first-order valence-corrected chi connectivity index (χ1v) is 7.41. The molecule has 0 saturated heterocycles. The summed E-state index contributed by atoms with van der Waals surface area (Å²) < 4.78 is 9.68. The number of alkyl carbamates (subject to hydrolysis) is 1. The summed E-state index contributed by atoms with van der Waals surface area (Å²) in [6.07, 6.45) is -0.514. The predicted molar refractivity (Wildman–Crippen MR) is 92.4 cm³/mol. The van der Waals surface area contributed by atoms with Crippen LogP contribution in [-0.2, 0) is 14.3 Å². The van der Waals surface area contributed by atoms with Gasteiger partial charge < -0.3 is 25.8 Å². The summed E-state index contributed by atoms with van der Waals surface area (Å²) in [6, 6.07) is 4.77. The zero-order valence-corrected chi connectivity index (χ0v) is 14.4. The zero-order valence-electron chi connectivity index (χ0n) is 14.4. The maximum atomic E-state index is 11.6. The van der Waals surface area contributed by atoms with Crippen LogP contribution in [0, 0.1) is 5.41 Å². The molecule has 1 rings (SSSR count). The van der Waals surface area contributed by atoms with Gasteiger partial charge in [-0.2, -0.15) is 0 Å². The minimum Gasteiger partial charge on any atom is -0.464 e. The van der Waals surface area contributed by atoms with E-state index in [-0.39, 0.29) is 5.71 Å². The Morgan fingerprint density at radius 1 is 1.25 bits per heavy atom. The van der Waals surface area contributed by atoms with Crippen LogP contribution in [0.4, 0.5) is 16.2 Å². The van der Waals surface area contributed by atoms with E-state index in [4.69, 9.17) is 15.9 Å². The number of nitrogens with one attached hydrogen (secondary N) is 3. The fourth-order valence-electron chi connectivity index (χ4n) is 1.81.